The summed E-state index contributed by atoms with van der Waals surface area (Å²) in [5.74, 6) is -1.45. The average molecular weight is 357 g/mol. The summed E-state index contributed by atoms with van der Waals surface area (Å²) in [7, 11) is -3.82. The molecule has 0 amide bonds. The predicted molar refractivity (Wildman–Crippen MR) is 85.3 cm³/mol. The van der Waals surface area contributed by atoms with Gasteiger partial charge in [-0.3, -0.25) is 0 Å². The Hall–Kier alpha value is -1.46. The zero-order chi connectivity index (χ0) is 16.8. The quantitative estimate of drug-likeness (QED) is 0.785. The summed E-state index contributed by atoms with van der Waals surface area (Å²) in [4.78, 5) is 0.0990. The van der Waals surface area contributed by atoms with Crippen LogP contribution in [0.3, 0.4) is 0 Å². The molecular formula is C17H15ClF2O2S. The summed E-state index contributed by atoms with van der Waals surface area (Å²) in [5, 5.41) is 0.426. The largest absolute Gasteiger partial charge is 0.223 e. The van der Waals surface area contributed by atoms with E-state index in [4.69, 9.17) is 11.6 Å². The molecule has 0 bridgehead atoms. The third-order valence-corrected chi connectivity index (χ3v) is 7.28. The fourth-order valence-electron chi connectivity index (χ4n) is 3.22. The van der Waals surface area contributed by atoms with Crippen molar-refractivity contribution >= 4 is 21.4 Å². The second-order valence-electron chi connectivity index (χ2n) is 5.96. The number of sulfone groups is 1. The molecule has 0 aliphatic heterocycles. The highest BCUT2D eigenvalue weighted by molar-refractivity contribution is 7.92. The van der Waals surface area contributed by atoms with Crippen LogP contribution in [0.2, 0.25) is 5.02 Å². The molecular weight excluding hydrogens is 342 g/mol. The van der Waals surface area contributed by atoms with Crippen LogP contribution in [0.25, 0.3) is 0 Å². The Morgan fingerprint density at radius 1 is 1.13 bits per heavy atom. The fraction of sp³-hybridized carbons (Fsp3) is 0.294. The second kappa shape index (κ2) is 5.56. The Morgan fingerprint density at radius 3 is 2.43 bits per heavy atom. The summed E-state index contributed by atoms with van der Waals surface area (Å²) in [6.07, 6.45) is 1.25. The minimum Gasteiger partial charge on any atom is -0.223 e. The third-order valence-electron chi connectivity index (χ3n) is 4.53. The standard InChI is InChI=1S/C17H15ClF2O2S/c1-17(23(21,22)13-6-4-11(18)5-7-13)8-2-3-14-15(17)9-12(19)10-16(14)20/h4-7,9-10H,2-3,8H2,1H3. The molecule has 122 valence electrons. The monoisotopic (exact) mass is 356 g/mol. The number of halogens is 3. The van der Waals surface area contributed by atoms with E-state index in [-0.39, 0.29) is 16.0 Å². The van der Waals surface area contributed by atoms with E-state index < -0.39 is 26.2 Å². The second-order valence-corrected chi connectivity index (χ2v) is 8.77. The topological polar surface area (TPSA) is 34.1 Å². The summed E-state index contributed by atoms with van der Waals surface area (Å²) in [6.45, 7) is 1.54. The van der Waals surface area contributed by atoms with Gasteiger partial charge in [0, 0.05) is 11.1 Å². The lowest BCUT2D eigenvalue weighted by atomic mass is 9.83. The van der Waals surface area contributed by atoms with E-state index in [0.29, 0.717) is 24.3 Å². The first-order chi connectivity index (χ1) is 10.8. The maximum absolute atomic E-state index is 14.1. The van der Waals surface area contributed by atoms with Gasteiger partial charge >= 0.3 is 0 Å². The summed E-state index contributed by atoms with van der Waals surface area (Å²) in [5.41, 5.74) is 0.508. The van der Waals surface area contributed by atoms with E-state index in [9.17, 15) is 17.2 Å². The van der Waals surface area contributed by atoms with Crippen molar-refractivity contribution in [3.8, 4) is 0 Å². The lowest BCUT2D eigenvalue weighted by molar-refractivity contribution is 0.464. The lowest BCUT2D eigenvalue weighted by Crippen LogP contribution is -2.37. The molecule has 2 nitrogen and oxygen atoms in total. The Balaban J connectivity index is 2.22. The van der Waals surface area contributed by atoms with Crippen LogP contribution in [0.5, 0.6) is 0 Å². The lowest BCUT2D eigenvalue weighted by Gasteiger charge is -2.35. The van der Waals surface area contributed by atoms with E-state index in [1.807, 2.05) is 0 Å². The number of benzene rings is 2. The molecule has 2 aromatic rings. The van der Waals surface area contributed by atoms with E-state index in [2.05, 4.69) is 0 Å². The molecule has 1 aliphatic rings. The Morgan fingerprint density at radius 2 is 1.78 bits per heavy atom. The number of fused-ring (bicyclic) bond motifs is 1. The number of rotatable bonds is 2. The van der Waals surface area contributed by atoms with Gasteiger partial charge in [0.1, 0.15) is 11.6 Å². The van der Waals surface area contributed by atoms with Gasteiger partial charge in [-0.2, -0.15) is 0 Å². The molecule has 0 radical (unpaired) electrons. The van der Waals surface area contributed by atoms with Crippen LogP contribution in [-0.4, -0.2) is 8.42 Å². The maximum Gasteiger partial charge on any atom is 0.187 e. The van der Waals surface area contributed by atoms with Crippen LogP contribution in [0.1, 0.15) is 30.9 Å². The van der Waals surface area contributed by atoms with Crippen molar-refractivity contribution in [3.05, 3.63) is 64.2 Å². The average Bonchev–Trinajstić information content (AvgIpc) is 2.49. The van der Waals surface area contributed by atoms with Gasteiger partial charge in [0.15, 0.2) is 9.84 Å². The normalized spacial score (nSPS) is 21.0. The van der Waals surface area contributed by atoms with E-state index in [1.165, 1.54) is 31.2 Å². The van der Waals surface area contributed by atoms with Crippen molar-refractivity contribution in [2.24, 2.45) is 0 Å². The van der Waals surface area contributed by atoms with Gasteiger partial charge in [0.05, 0.1) is 9.64 Å². The summed E-state index contributed by atoms with van der Waals surface area (Å²) < 4.78 is 52.6. The molecule has 0 aromatic heterocycles. The van der Waals surface area contributed by atoms with Crippen LogP contribution in [0, 0.1) is 11.6 Å². The van der Waals surface area contributed by atoms with Gasteiger partial charge in [-0.25, -0.2) is 17.2 Å². The van der Waals surface area contributed by atoms with Crippen LogP contribution < -0.4 is 0 Å². The highest BCUT2D eigenvalue weighted by atomic mass is 35.5. The van der Waals surface area contributed by atoms with E-state index in [1.54, 1.807) is 0 Å². The van der Waals surface area contributed by atoms with Crippen molar-refractivity contribution in [3.63, 3.8) is 0 Å². The van der Waals surface area contributed by atoms with Crippen molar-refractivity contribution in [2.75, 3.05) is 0 Å². The van der Waals surface area contributed by atoms with Crippen molar-refractivity contribution in [1.82, 2.24) is 0 Å². The van der Waals surface area contributed by atoms with Gasteiger partial charge in [-0.15, -0.1) is 0 Å². The SMILES string of the molecule is CC1(S(=O)(=O)c2ccc(Cl)cc2)CCCc2c(F)cc(F)cc21. The minimum atomic E-state index is -3.82. The Kier molecular flexibility index (Phi) is 3.97. The Bertz CT molecular complexity index is 863. The Labute approximate surface area is 139 Å². The van der Waals surface area contributed by atoms with Crippen LogP contribution in [0.15, 0.2) is 41.3 Å². The molecule has 0 spiro atoms. The molecule has 1 unspecified atom stereocenters. The van der Waals surface area contributed by atoms with Crippen molar-refractivity contribution in [2.45, 2.75) is 35.8 Å². The molecule has 23 heavy (non-hydrogen) atoms. The van der Waals surface area contributed by atoms with Crippen molar-refractivity contribution < 1.29 is 17.2 Å². The predicted octanol–water partition coefficient (Wildman–Crippen LogP) is 4.64. The zero-order valence-electron chi connectivity index (χ0n) is 12.4. The van der Waals surface area contributed by atoms with Gasteiger partial charge in [0.2, 0.25) is 0 Å². The van der Waals surface area contributed by atoms with Crippen molar-refractivity contribution in [1.29, 1.82) is 0 Å². The van der Waals surface area contributed by atoms with Gasteiger partial charge < -0.3 is 0 Å². The smallest absolute Gasteiger partial charge is 0.187 e. The molecule has 6 heteroatoms. The van der Waals surface area contributed by atoms with Crippen LogP contribution in [-0.2, 0) is 21.0 Å². The van der Waals surface area contributed by atoms with E-state index in [0.717, 1.165) is 12.1 Å². The minimum absolute atomic E-state index is 0.0990. The molecule has 2 aromatic carbocycles. The highest BCUT2D eigenvalue weighted by Crippen LogP contribution is 2.45. The molecule has 0 heterocycles. The molecule has 3 rings (SSSR count). The first-order valence-corrected chi connectivity index (χ1v) is 9.10. The first kappa shape index (κ1) is 16.4. The fourth-order valence-corrected chi connectivity index (χ4v) is 5.24. The molecule has 0 saturated carbocycles. The van der Waals surface area contributed by atoms with Gasteiger partial charge in [0.25, 0.3) is 0 Å². The van der Waals surface area contributed by atoms with Crippen LogP contribution in [0.4, 0.5) is 8.78 Å². The number of hydrogen-bond donors (Lipinski definition) is 0. The van der Waals surface area contributed by atoms with E-state index >= 15 is 0 Å². The molecule has 0 N–H and O–H groups in total. The highest BCUT2D eigenvalue weighted by Gasteiger charge is 2.45. The zero-order valence-corrected chi connectivity index (χ0v) is 14.0. The van der Waals surface area contributed by atoms with Gasteiger partial charge in [-0.05, 0) is 67.6 Å². The summed E-state index contributed by atoms with van der Waals surface area (Å²) >= 11 is 5.81. The number of hydrogen-bond acceptors (Lipinski definition) is 2. The summed E-state index contributed by atoms with van der Waals surface area (Å²) in [6, 6.07) is 7.78. The van der Waals surface area contributed by atoms with Gasteiger partial charge in [-0.1, -0.05) is 11.6 Å². The third kappa shape index (κ3) is 2.56. The first-order valence-electron chi connectivity index (χ1n) is 7.24. The van der Waals surface area contributed by atoms with Crippen LogP contribution >= 0.6 is 11.6 Å². The molecule has 0 fully saturated rings. The molecule has 0 saturated heterocycles. The molecule has 1 atom stereocenters. The molecule has 1 aliphatic carbocycles. The maximum atomic E-state index is 14.1.